The van der Waals surface area contributed by atoms with Crippen LogP contribution in [-0.4, -0.2) is 59.5 Å². The van der Waals surface area contributed by atoms with Crippen LogP contribution in [0.1, 0.15) is 27.4 Å². The first-order valence-electron chi connectivity index (χ1n) is 11.0. The third-order valence-corrected chi connectivity index (χ3v) is 6.72. The van der Waals surface area contributed by atoms with Crippen molar-refractivity contribution >= 4 is 29.3 Å². The summed E-state index contributed by atoms with van der Waals surface area (Å²) >= 11 is 1.58. The van der Waals surface area contributed by atoms with Gasteiger partial charge in [-0.05, 0) is 37.6 Å². The van der Waals surface area contributed by atoms with Gasteiger partial charge in [0.05, 0.1) is 17.8 Å². The second-order valence-electron chi connectivity index (χ2n) is 8.15. The SMILES string of the molecule is Cc1cc(CSc2ccccc2C(=O)N2CCN(CC(=O)Nc3ccccc3C)CC2)no1. The summed E-state index contributed by atoms with van der Waals surface area (Å²) in [7, 11) is 0. The lowest BCUT2D eigenvalue weighted by atomic mass is 10.1. The standard InChI is InChI=1S/C25H28N4O3S/c1-18-7-3-5-9-22(18)26-24(30)16-28-11-13-29(14-12-28)25(31)21-8-4-6-10-23(21)33-17-20-15-19(2)32-27-20/h3-10,15H,11-14,16-17H2,1-2H3,(H,26,30). The lowest BCUT2D eigenvalue weighted by molar-refractivity contribution is -0.117. The van der Waals surface area contributed by atoms with Crippen LogP contribution in [-0.2, 0) is 10.5 Å². The summed E-state index contributed by atoms with van der Waals surface area (Å²) in [6.07, 6.45) is 0. The molecule has 0 saturated carbocycles. The van der Waals surface area contributed by atoms with Gasteiger partial charge in [-0.2, -0.15) is 0 Å². The van der Waals surface area contributed by atoms with Gasteiger partial charge < -0.3 is 14.7 Å². The lowest BCUT2D eigenvalue weighted by Gasteiger charge is -2.34. The van der Waals surface area contributed by atoms with E-state index in [2.05, 4.69) is 15.4 Å². The van der Waals surface area contributed by atoms with Crippen molar-refractivity contribution in [3.8, 4) is 0 Å². The largest absolute Gasteiger partial charge is 0.361 e. The number of aromatic nitrogens is 1. The highest BCUT2D eigenvalue weighted by atomic mass is 32.2. The fraction of sp³-hybridized carbons (Fsp3) is 0.320. The number of para-hydroxylation sites is 1. The van der Waals surface area contributed by atoms with E-state index in [4.69, 9.17) is 4.52 Å². The Morgan fingerprint density at radius 3 is 2.48 bits per heavy atom. The molecular formula is C25H28N4O3S. The molecule has 1 aliphatic heterocycles. The van der Waals surface area contributed by atoms with E-state index in [0.29, 0.717) is 44.0 Å². The minimum absolute atomic E-state index is 0.0263. The maximum atomic E-state index is 13.2. The highest BCUT2D eigenvalue weighted by molar-refractivity contribution is 7.98. The lowest BCUT2D eigenvalue weighted by Crippen LogP contribution is -2.50. The third kappa shape index (κ3) is 6.03. The van der Waals surface area contributed by atoms with Crippen molar-refractivity contribution in [3.63, 3.8) is 0 Å². The second kappa shape index (κ2) is 10.7. The van der Waals surface area contributed by atoms with Crippen LogP contribution in [0.5, 0.6) is 0 Å². The molecule has 1 saturated heterocycles. The number of hydrogen-bond acceptors (Lipinski definition) is 6. The number of piperazine rings is 1. The number of nitrogens with one attached hydrogen (secondary N) is 1. The first kappa shape index (κ1) is 23.1. The van der Waals surface area contributed by atoms with Gasteiger partial charge in [0.1, 0.15) is 5.76 Å². The smallest absolute Gasteiger partial charge is 0.255 e. The number of carbonyl (C=O) groups excluding carboxylic acids is 2. The van der Waals surface area contributed by atoms with E-state index < -0.39 is 0 Å². The van der Waals surface area contributed by atoms with Crippen LogP contribution in [0.15, 0.2) is 64.0 Å². The molecule has 2 amide bonds. The zero-order chi connectivity index (χ0) is 23.2. The molecule has 0 unspecified atom stereocenters. The average molecular weight is 465 g/mol. The Bertz CT molecular complexity index is 1120. The normalized spacial score (nSPS) is 14.3. The van der Waals surface area contributed by atoms with Crippen LogP contribution in [0.3, 0.4) is 0 Å². The topological polar surface area (TPSA) is 78.7 Å². The summed E-state index contributed by atoms with van der Waals surface area (Å²) in [6, 6.07) is 17.3. The molecule has 4 rings (SSSR count). The van der Waals surface area contributed by atoms with Crippen molar-refractivity contribution in [3.05, 3.63) is 77.2 Å². The van der Waals surface area contributed by atoms with Gasteiger partial charge in [0, 0.05) is 48.6 Å². The van der Waals surface area contributed by atoms with E-state index in [1.165, 1.54) is 0 Å². The predicted octanol–water partition coefficient (Wildman–Crippen LogP) is 3.98. The number of amides is 2. The van der Waals surface area contributed by atoms with Crippen molar-refractivity contribution < 1.29 is 14.1 Å². The Hall–Kier alpha value is -3.10. The molecule has 1 aromatic heterocycles. The number of rotatable bonds is 7. The fourth-order valence-electron chi connectivity index (χ4n) is 3.79. The molecule has 172 valence electrons. The summed E-state index contributed by atoms with van der Waals surface area (Å²) in [5, 5.41) is 7.01. The molecule has 3 aromatic rings. The molecule has 7 nitrogen and oxygen atoms in total. The maximum absolute atomic E-state index is 13.2. The molecular weight excluding hydrogens is 436 g/mol. The molecule has 1 aliphatic rings. The highest BCUT2D eigenvalue weighted by Crippen LogP contribution is 2.27. The summed E-state index contributed by atoms with van der Waals surface area (Å²) in [5.41, 5.74) is 3.44. The van der Waals surface area contributed by atoms with E-state index in [-0.39, 0.29) is 11.8 Å². The van der Waals surface area contributed by atoms with Gasteiger partial charge in [-0.15, -0.1) is 11.8 Å². The minimum Gasteiger partial charge on any atom is -0.361 e. The average Bonchev–Trinajstić information content (AvgIpc) is 3.24. The zero-order valence-corrected chi connectivity index (χ0v) is 19.7. The first-order chi connectivity index (χ1) is 16.0. The summed E-state index contributed by atoms with van der Waals surface area (Å²) in [6.45, 7) is 6.68. The molecule has 8 heteroatoms. The van der Waals surface area contributed by atoms with Gasteiger partial charge in [0.25, 0.3) is 5.91 Å². The number of carbonyl (C=O) groups is 2. The van der Waals surface area contributed by atoms with Crippen molar-refractivity contribution in [1.29, 1.82) is 0 Å². The van der Waals surface area contributed by atoms with Crippen LogP contribution in [0.4, 0.5) is 5.69 Å². The van der Waals surface area contributed by atoms with Gasteiger partial charge in [0.15, 0.2) is 0 Å². The Labute approximate surface area is 198 Å². The highest BCUT2D eigenvalue weighted by Gasteiger charge is 2.25. The van der Waals surface area contributed by atoms with Crippen LogP contribution in [0.25, 0.3) is 0 Å². The van der Waals surface area contributed by atoms with Crippen molar-refractivity contribution in [2.45, 2.75) is 24.5 Å². The van der Waals surface area contributed by atoms with Gasteiger partial charge in [-0.3, -0.25) is 14.5 Å². The Morgan fingerprint density at radius 1 is 1.03 bits per heavy atom. The van der Waals surface area contributed by atoms with E-state index in [1.807, 2.05) is 73.3 Å². The third-order valence-electron chi connectivity index (χ3n) is 5.62. The molecule has 0 aliphatic carbocycles. The molecule has 0 spiro atoms. The van der Waals surface area contributed by atoms with Gasteiger partial charge in [0.2, 0.25) is 5.91 Å². The van der Waals surface area contributed by atoms with Crippen LogP contribution in [0, 0.1) is 13.8 Å². The van der Waals surface area contributed by atoms with Gasteiger partial charge >= 0.3 is 0 Å². The molecule has 33 heavy (non-hydrogen) atoms. The van der Waals surface area contributed by atoms with Crippen molar-refractivity contribution in [2.75, 3.05) is 38.0 Å². The fourth-order valence-corrected chi connectivity index (χ4v) is 4.72. The van der Waals surface area contributed by atoms with E-state index in [1.54, 1.807) is 11.8 Å². The molecule has 1 fully saturated rings. The molecule has 2 heterocycles. The summed E-state index contributed by atoms with van der Waals surface area (Å²) in [5.74, 6) is 1.42. The quantitative estimate of drug-likeness (QED) is 0.533. The Morgan fingerprint density at radius 2 is 1.76 bits per heavy atom. The second-order valence-corrected chi connectivity index (χ2v) is 9.16. The predicted molar refractivity (Wildman–Crippen MR) is 129 cm³/mol. The molecule has 1 N–H and O–H groups in total. The number of hydrogen-bond donors (Lipinski definition) is 1. The van der Waals surface area contributed by atoms with E-state index in [9.17, 15) is 9.59 Å². The van der Waals surface area contributed by atoms with Crippen LogP contribution in [0.2, 0.25) is 0 Å². The maximum Gasteiger partial charge on any atom is 0.255 e. The number of aryl methyl sites for hydroxylation is 2. The van der Waals surface area contributed by atoms with E-state index in [0.717, 1.165) is 27.6 Å². The monoisotopic (exact) mass is 464 g/mol. The number of thioether (sulfide) groups is 1. The minimum atomic E-state index is -0.0334. The van der Waals surface area contributed by atoms with Crippen molar-refractivity contribution in [1.82, 2.24) is 15.0 Å². The number of anilines is 1. The summed E-state index contributed by atoms with van der Waals surface area (Å²) in [4.78, 5) is 30.6. The Balaban J connectivity index is 1.30. The summed E-state index contributed by atoms with van der Waals surface area (Å²) < 4.78 is 5.13. The number of benzene rings is 2. The molecule has 2 aromatic carbocycles. The molecule has 0 atom stereocenters. The molecule has 0 bridgehead atoms. The van der Waals surface area contributed by atoms with Gasteiger partial charge in [-0.25, -0.2) is 0 Å². The zero-order valence-electron chi connectivity index (χ0n) is 18.9. The van der Waals surface area contributed by atoms with Crippen LogP contribution >= 0.6 is 11.8 Å². The number of nitrogens with zero attached hydrogens (tertiary/aromatic N) is 3. The van der Waals surface area contributed by atoms with Crippen LogP contribution < -0.4 is 5.32 Å². The Kier molecular flexibility index (Phi) is 7.47. The van der Waals surface area contributed by atoms with Crippen molar-refractivity contribution in [2.24, 2.45) is 0 Å². The first-order valence-corrected chi connectivity index (χ1v) is 12.0. The van der Waals surface area contributed by atoms with E-state index >= 15 is 0 Å². The van der Waals surface area contributed by atoms with Gasteiger partial charge in [-0.1, -0.05) is 35.5 Å². The molecule has 0 radical (unpaired) electrons.